The van der Waals surface area contributed by atoms with Crippen LogP contribution in [0.25, 0.3) is 22.9 Å². The second kappa shape index (κ2) is 6.94. The Bertz CT molecular complexity index is 1010. The maximum Gasteiger partial charge on any atom is 0.419 e. The highest BCUT2D eigenvalue weighted by Gasteiger charge is 2.35. The lowest BCUT2D eigenvalue weighted by atomic mass is 9.87. The first-order valence-electron chi connectivity index (χ1n) is 8.82. The standard InChI is InChI=1S/C20H18F3N3O2/c1-27-17-7-5-13(10-16(17)20(21,22)23)19-26-25-18(28-19)12-3-2-11-4-6-15(24)9-14(11)8-12/h2-3,5,7-8,10,15H,4,6,9,24H2,1H3. The van der Waals surface area contributed by atoms with Crippen molar-refractivity contribution in [2.24, 2.45) is 5.73 Å². The van der Waals surface area contributed by atoms with Gasteiger partial charge in [-0.05, 0) is 60.7 Å². The molecule has 4 rings (SSSR count). The molecule has 1 atom stereocenters. The number of aryl methyl sites for hydroxylation is 1. The van der Waals surface area contributed by atoms with Gasteiger partial charge < -0.3 is 14.9 Å². The van der Waals surface area contributed by atoms with E-state index in [-0.39, 0.29) is 29.1 Å². The van der Waals surface area contributed by atoms with Crippen LogP contribution < -0.4 is 10.5 Å². The molecule has 1 aliphatic carbocycles. The molecule has 1 aromatic heterocycles. The summed E-state index contributed by atoms with van der Waals surface area (Å²) in [5, 5.41) is 7.92. The van der Waals surface area contributed by atoms with E-state index in [0.29, 0.717) is 0 Å². The topological polar surface area (TPSA) is 74.2 Å². The Morgan fingerprint density at radius 1 is 1.04 bits per heavy atom. The third kappa shape index (κ3) is 3.47. The molecule has 0 saturated carbocycles. The van der Waals surface area contributed by atoms with Crippen LogP contribution in [0.2, 0.25) is 0 Å². The predicted molar refractivity (Wildman–Crippen MR) is 96.7 cm³/mol. The van der Waals surface area contributed by atoms with Crippen LogP contribution in [0.15, 0.2) is 40.8 Å². The van der Waals surface area contributed by atoms with Crippen LogP contribution in [-0.4, -0.2) is 23.3 Å². The summed E-state index contributed by atoms with van der Waals surface area (Å²) < 4.78 is 50.2. The highest BCUT2D eigenvalue weighted by Crippen LogP contribution is 2.39. The Kier molecular flexibility index (Phi) is 4.58. The summed E-state index contributed by atoms with van der Waals surface area (Å²) in [5.74, 6) is 0.000844. The average molecular weight is 389 g/mol. The number of halogens is 3. The minimum atomic E-state index is -4.55. The molecule has 0 amide bonds. The van der Waals surface area contributed by atoms with Gasteiger partial charge in [0.25, 0.3) is 0 Å². The molecule has 0 bridgehead atoms. The molecule has 0 aliphatic heterocycles. The van der Waals surface area contributed by atoms with E-state index in [2.05, 4.69) is 10.2 Å². The van der Waals surface area contributed by atoms with E-state index in [9.17, 15) is 13.2 Å². The number of nitrogens with zero attached hydrogens (tertiary/aromatic N) is 2. The van der Waals surface area contributed by atoms with Crippen LogP contribution >= 0.6 is 0 Å². The summed E-state index contributed by atoms with van der Waals surface area (Å²) >= 11 is 0. The van der Waals surface area contributed by atoms with E-state index in [1.54, 1.807) is 0 Å². The second-order valence-electron chi connectivity index (χ2n) is 6.81. The van der Waals surface area contributed by atoms with Crippen molar-refractivity contribution in [2.45, 2.75) is 31.5 Å². The molecule has 1 unspecified atom stereocenters. The number of benzene rings is 2. The molecular formula is C20H18F3N3O2. The Morgan fingerprint density at radius 3 is 2.39 bits per heavy atom. The van der Waals surface area contributed by atoms with Crippen molar-refractivity contribution < 1.29 is 22.3 Å². The van der Waals surface area contributed by atoms with Gasteiger partial charge in [-0.3, -0.25) is 0 Å². The Morgan fingerprint density at radius 2 is 1.71 bits per heavy atom. The van der Waals surface area contributed by atoms with Gasteiger partial charge in [0, 0.05) is 17.2 Å². The highest BCUT2D eigenvalue weighted by molar-refractivity contribution is 5.61. The van der Waals surface area contributed by atoms with E-state index in [1.807, 2.05) is 18.2 Å². The molecular weight excluding hydrogens is 371 g/mol. The van der Waals surface area contributed by atoms with E-state index in [4.69, 9.17) is 14.9 Å². The quantitative estimate of drug-likeness (QED) is 0.725. The summed E-state index contributed by atoms with van der Waals surface area (Å²) in [6.07, 6.45) is -1.90. The van der Waals surface area contributed by atoms with Gasteiger partial charge in [-0.25, -0.2) is 0 Å². The van der Waals surface area contributed by atoms with Crippen LogP contribution in [0, 0.1) is 0 Å². The number of nitrogens with two attached hydrogens (primary N) is 1. The monoisotopic (exact) mass is 389 g/mol. The van der Waals surface area contributed by atoms with Gasteiger partial charge in [0.2, 0.25) is 11.8 Å². The first kappa shape index (κ1) is 18.5. The van der Waals surface area contributed by atoms with Crippen LogP contribution in [-0.2, 0) is 19.0 Å². The first-order chi connectivity index (χ1) is 13.3. The summed E-state index contributed by atoms with van der Waals surface area (Å²) in [5.41, 5.74) is 8.42. The number of hydrogen-bond donors (Lipinski definition) is 1. The summed E-state index contributed by atoms with van der Waals surface area (Å²) in [6.45, 7) is 0. The normalized spacial score (nSPS) is 16.7. The molecule has 0 spiro atoms. The van der Waals surface area contributed by atoms with Crippen molar-refractivity contribution in [3.63, 3.8) is 0 Å². The van der Waals surface area contributed by atoms with Gasteiger partial charge in [0.15, 0.2) is 0 Å². The smallest absolute Gasteiger partial charge is 0.419 e. The van der Waals surface area contributed by atoms with E-state index in [0.717, 1.165) is 36.5 Å². The molecule has 0 saturated heterocycles. The number of rotatable bonds is 3. The van der Waals surface area contributed by atoms with Crippen molar-refractivity contribution in [3.05, 3.63) is 53.1 Å². The third-order valence-corrected chi connectivity index (χ3v) is 4.90. The van der Waals surface area contributed by atoms with E-state index < -0.39 is 11.7 Å². The maximum absolute atomic E-state index is 13.2. The molecule has 3 aromatic rings. The van der Waals surface area contributed by atoms with Crippen LogP contribution in [0.3, 0.4) is 0 Å². The van der Waals surface area contributed by atoms with Gasteiger partial charge in [0.1, 0.15) is 5.75 Å². The van der Waals surface area contributed by atoms with Crippen molar-refractivity contribution in [3.8, 4) is 28.7 Å². The molecule has 1 heterocycles. The fourth-order valence-corrected chi connectivity index (χ4v) is 3.44. The van der Waals surface area contributed by atoms with Crippen molar-refractivity contribution in [1.29, 1.82) is 0 Å². The van der Waals surface area contributed by atoms with Gasteiger partial charge in [-0.2, -0.15) is 13.2 Å². The maximum atomic E-state index is 13.2. The van der Waals surface area contributed by atoms with Crippen molar-refractivity contribution in [2.75, 3.05) is 7.11 Å². The van der Waals surface area contributed by atoms with E-state index >= 15 is 0 Å². The molecule has 0 radical (unpaired) electrons. The summed E-state index contributed by atoms with van der Waals surface area (Å²) in [6, 6.07) is 9.61. The lowest BCUT2D eigenvalue weighted by molar-refractivity contribution is -0.138. The van der Waals surface area contributed by atoms with Crippen LogP contribution in [0.4, 0.5) is 13.2 Å². The molecule has 1 aliphatic rings. The zero-order valence-electron chi connectivity index (χ0n) is 15.1. The minimum absolute atomic E-state index is 0.0116. The number of alkyl halides is 3. The molecule has 8 heteroatoms. The Hall–Kier alpha value is -2.87. The molecule has 0 fully saturated rings. The fraction of sp³-hybridized carbons (Fsp3) is 0.300. The van der Waals surface area contributed by atoms with Gasteiger partial charge in [-0.1, -0.05) is 6.07 Å². The third-order valence-electron chi connectivity index (χ3n) is 4.90. The first-order valence-corrected chi connectivity index (χ1v) is 8.82. The number of methoxy groups -OCH3 is 1. The average Bonchev–Trinajstić information content (AvgIpc) is 3.16. The Labute approximate surface area is 159 Å². The predicted octanol–water partition coefficient (Wildman–Crippen LogP) is 4.25. The SMILES string of the molecule is COc1ccc(-c2nnc(-c3ccc4c(c3)CC(N)CC4)o2)cc1C(F)(F)F. The molecule has 146 valence electrons. The number of fused-ring (bicyclic) bond motifs is 1. The van der Waals surface area contributed by atoms with Crippen LogP contribution in [0.1, 0.15) is 23.1 Å². The minimum Gasteiger partial charge on any atom is -0.496 e. The zero-order valence-corrected chi connectivity index (χ0v) is 15.1. The lowest BCUT2D eigenvalue weighted by Gasteiger charge is -2.21. The van der Waals surface area contributed by atoms with Crippen molar-refractivity contribution in [1.82, 2.24) is 10.2 Å². The van der Waals surface area contributed by atoms with Crippen LogP contribution in [0.5, 0.6) is 5.75 Å². The van der Waals surface area contributed by atoms with Gasteiger partial charge in [-0.15, -0.1) is 10.2 Å². The van der Waals surface area contributed by atoms with E-state index in [1.165, 1.54) is 24.8 Å². The molecule has 2 N–H and O–H groups in total. The Balaban J connectivity index is 1.68. The largest absolute Gasteiger partial charge is 0.496 e. The number of ether oxygens (including phenoxy) is 1. The number of aromatic nitrogens is 2. The van der Waals surface area contributed by atoms with Gasteiger partial charge >= 0.3 is 6.18 Å². The second-order valence-corrected chi connectivity index (χ2v) is 6.81. The summed E-state index contributed by atoms with van der Waals surface area (Å²) in [4.78, 5) is 0. The zero-order chi connectivity index (χ0) is 19.9. The number of hydrogen-bond acceptors (Lipinski definition) is 5. The van der Waals surface area contributed by atoms with Gasteiger partial charge in [0.05, 0.1) is 12.7 Å². The molecule has 28 heavy (non-hydrogen) atoms. The highest BCUT2D eigenvalue weighted by atomic mass is 19.4. The van der Waals surface area contributed by atoms with Crippen molar-refractivity contribution >= 4 is 0 Å². The fourth-order valence-electron chi connectivity index (χ4n) is 3.44. The molecule has 2 aromatic carbocycles. The molecule has 5 nitrogen and oxygen atoms in total. The summed E-state index contributed by atoms with van der Waals surface area (Å²) in [7, 11) is 1.19. The lowest BCUT2D eigenvalue weighted by Crippen LogP contribution is -2.27.